The predicted molar refractivity (Wildman–Crippen MR) is 131 cm³/mol. The Hall–Kier alpha value is -3.06. The number of H-pyrrole nitrogens is 1. The molecule has 4 aromatic rings. The minimum absolute atomic E-state index is 0.0562. The van der Waals surface area contributed by atoms with Crippen LogP contribution >= 0.6 is 11.8 Å². The fraction of sp³-hybridized carbons (Fsp3) is 0.346. The van der Waals surface area contributed by atoms with E-state index in [0.29, 0.717) is 6.04 Å². The first kappa shape index (κ1) is 20.5. The highest BCUT2D eigenvalue weighted by Crippen LogP contribution is 2.43. The zero-order valence-corrected chi connectivity index (χ0v) is 19.4. The summed E-state index contributed by atoms with van der Waals surface area (Å²) in [6.45, 7) is 1.96. The molecule has 6 nitrogen and oxygen atoms in total. The van der Waals surface area contributed by atoms with Crippen LogP contribution in [0.3, 0.4) is 0 Å². The van der Waals surface area contributed by atoms with E-state index in [1.54, 1.807) is 0 Å². The average Bonchev–Trinajstić information content (AvgIpc) is 3.46. The fourth-order valence-electron chi connectivity index (χ4n) is 4.86. The predicted octanol–water partition coefficient (Wildman–Crippen LogP) is 5.44. The number of carbonyl (C=O) groups excluding carboxylic acids is 1. The highest BCUT2D eigenvalue weighted by Gasteiger charge is 2.32. The number of nitrogens with zero attached hydrogens (tertiary/aromatic N) is 3. The molecule has 2 aromatic carbocycles. The van der Waals surface area contributed by atoms with Crippen molar-refractivity contribution >= 4 is 28.6 Å². The van der Waals surface area contributed by atoms with E-state index in [1.807, 2.05) is 25.3 Å². The summed E-state index contributed by atoms with van der Waals surface area (Å²) in [5, 5.41) is 14.1. The largest absolute Gasteiger partial charge is 0.360 e. The number of aromatic nitrogens is 4. The van der Waals surface area contributed by atoms with Gasteiger partial charge in [0, 0.05) is 28.7 Å². The lowest BCUT2D eigenvalue weighted by atomic mass is 9.88. The third-order valence-electron chi connectivity index (χ3n) is 6.74. The van der Waals surface area contributed by atoms with Gasteiger partial charge >= 0.3 is 0 Å². The number of amides is 1. The number of rotatable bonds is 6. The zero-order valence-electron chi connectivity index (χ0n) is 18.6. The summed E-state index contributed by atoms with van der Waals surface area (Å²) >= 11 is 1.51. The van der Waals surface area contributed by atoms with Crippen molar-refractivity contribution in [3.8, 4) is 11.4 Å². The molecule has 2 aliphatic carbocycles. The van der Waals surface area contributed by atoms with Crippen molar-refractivity contribution in [3.63, 3.8) is 0 Å². The van der Waals surface area contributed by atoms with E-state index < -0.39 is 0 Å². The summed E-state index contributed by atoms with van der Waals surface area (Å²) in [6.07, 6.45) is 7.45. The van der Waals surface area contributed by atoms with Crippen molar-refractivity contribution in [2.45, 2.75) is 61.5 Å². The van der Waals surface area contributed by atoms with Crippen molar-refractivity contribution < 1.29 is 4.79 Å². The Balaban J connectivity index is 1.23. The van der Waals surface area contributed by atoms with Crippen molar-refractivity contribution in [3.05, 3.63) is 65.9 Å². The Kier molecular flexibility index (Phi) is 5.21. The molecule has 168 valence electrons. The number of hydrogen-bond acceptors (Lipinski definition) is 4. The molecule has 0 saturated heterocycles. The lowest BCUT2D eigenvalue weighted by Crippen LogP contribution is -2.36. The van der Waals surface area contributed by atoms with E-state index >= 15 is 0 Å². The third-order valence-corrected chi connectivity index (χ3v) is 7.80. The minimum atomic E-state index is -0.253. The van der Waals surface area contributed by atoms with Gasteiger partial charge in [-0.1, -0.05) is 54.2 Å². The van der Waals surface area contributed by atoms with Gasteiger partial charge in [0.15, 0.2) is 11.0 Å². The number of hydrogen-bond donors (Lipinski definition) is 2. The van der Waals surface area contributed by atoms with E-state index in [1.165, 1.54) is 22.9 Å². The van der Waals surface area contributed by atoms with Crippen LogP contribution in [0, 0.1) is 0 Å². The molecule has 1 amide bonds. The van der Waals surface area contributed by atoms with Gasteiger partial charge in [-0.05, 0) is 56.2 Å². The molecule has 0 bridgehead atoms. The quantitative estimate of drug-likeness (QED) is 0.378. The maximum atomic E-state index is 13.1. The van der Waals surface area contributed by atoms with Crippen molar-refractivity contribution in [2.24, 2.45) is 0 Å². The molecule has 6 rings (SSSR count). The second-order valence-electron chi connectivity index (χ2n) is 9.07. The first-order valence-corrected chi connectivity index (χ1v) is 12.6. The molecule has 2 aromatic heterocycles. The normalized spacial score (nSPS) is 18.8. The zero-order chi connectivity index (χ0) is 22.4. The smallest absolute Gasteiger partial charge is 0.233 e. The molecule has 1 fully saturated rings. The van der Waals surface area contributed by atoms with E-state index in [-0.39, 0.29) is 17.2 Å². The summed E-state index contributed by atoms with van der Waals surface area (Å²) in [5.74, 6) is 0.937. The van der Waals surface area contributed by atoms with Crippen LogP contribution in [0.2, 0.25) is 0 Å². The minimum Gasteiger partial charge on any atom is -0.360 e. The molecule has 33 heavy (non-hydrogen) atoms. The van der Waals surface area contributed by atoms with Gasteiger partial charge in [-0.15, -0.1) is 10.2 Å². The average molecular weight is 458 g/mol. The summed E-state index contributed by atoms with van der Waals surface area (Å²) in [5.41, 5.74) is 4.77. The first-order valence-electron chi connectivity index (χ1n) is 11.8. The summed E-state index contributed by atoms with van der Waals surface area (Å²) in [4.78, 5) is 16.5. The lowest BCUT2D eigenvalue weighted by molar-refractivity contribution is -0.121. The van der Waals surface area contributed by atoms with E-state index in [9.17, 15) is 4.79 Å². The van der Waals surface area contributed by atoms with Gasteiger partial charge in [0.25, 0.3) is 0 Å². The number of aryl methyl sites for hydroxylation is 1. The Morgan fingerprint density at radius 1 is 1.12 bits per heavy atom. The second kappa shape index (κ2) is 8.37. The highest BCUT2D eigenvalue weighted by molar-refractivity contribution is 8.00. The Morgan fingerprint density at radius 2 is 1.94 bits per heavy atom. The molecule has 0 aliphatic heterocycles. The Labute approximate surface area is 197 Å². The van der Waals surface area contributed by atoms with Gasteiger partial charge in [0.2, 0.25) is 5.91 Å². The number of thioether (sulfide) groups is 1. The molecule has 2 N–H and O–H groups in total. The molecular weight excluding hydrogens is 430 g/mol. The summed E-state index contributed by atoms with van der Waals surface area (Å²) in [7, 11) is 0. The van der Waals surface area contributed by atoms with Crippen LogP contribution in [0.25, 0.3) is 22.3 Å². The standard InChI is InChI=1S/C26H27N5OS/c1-16(25(32)28-23-12-6-8-17-7-2-3-9-19(17)23)33-26-30-29-24(31(26)18-13-14-18)21-15-27-22-11-5-4-10-20(21)22/h2-5,7,9-11,15-16,18,23,27H,6,8,12-14H2,1H3,(H,28,32). The Morgan fingerprint density at radius 3 is 2.82 bits per heavy atom. The SMILES string of the molecule is CC(Sc1nnc(-c2c[nH]c3ccccc23)n1C1CC1)C(=O)NC1CCCc2ccccc21. The van der Waals surface area contributed by atoms with Crippen LogP contribution in [-0.2, 0) is 11.2 Å². The number of carbonyl (C=O) groups is 1. The molecule has 2 aliphatic rings. The lowest BCUT2D eigenvalue weighted by Gasteiger charge is -2.27. The number of benzene rings is 2. The van der Waals surface area contributed by atoms with E-state index in [4.69, 9.17) is 0 Å². The van der Waals surface area contributed by atoms with Gasteiger partial charge in [-0.3, -0.25) is 9.36 Å². The molecule has 0 radical (unpaired) electrons. The topological polar surface area (TPSA) is 75.6 Å². The Bertz CT molecular complexity index is 1320. The van der Waals surface area contributed by atoms with Crippen molar-refractivity contribution in [1.82, 2.24) is 25.1 Å². The van der Waals surface area contributed by atoms with Crippen molar-refractivity contribution in [1.29, 1.82) is 0 Å². The molecule has 7 heteroatoms. The highest BCUT2D eigenvalue weighted by atomic mass is 32.2. The van der Waals surface area contributed by atoms with Crippen LogP contribution < -0.4 is 5.32 Å². The van der Waals surface area contributed by atoms with Gasteiger partial charge in [-0.25, -0.2) is 0 Å². The third kappa shape index (κ3) is 3.84. The monoisotopic (exact) mass is 457 g/mol. The number of fused-ring (bicyclic) bond motifs is 2. The number of nitrogens with one attached hydrogen (secondary N) is 2. The summed E-state index contributed by atoms with van der Waals surface area (Å²) in [6, 6.07) is 17.2. The second-order valence-corrected chi connectivity index (χ2v) is 10.4. The van der Waals surface area contributed by atoms with Gasteiger partial charge in [-0.2, -0.15) is 0 Å². The van der Waals surface area contributed by atoms with Crippen LogP contribution in [0.15, 0.2) is 59.9 Å². The van der Waals surface area contributed by atoms with Gasteiger partial charge < -0.3 is 10.3 Å². The summed E-state index contributed by atoms with van der Waals surface area (Å²) < 4.78 is 2.24. The molecule has 2 unspecified atom stereocenters. The first-order chi connectivity index (χ1) is 16.2. The van der Waals surface area contributed by atoms with Crippen LogP contribution in [0.1, 0.15) is 55.8 Å². The molecular formula is C26H27N5OS. The van der Waals surface area contributed by atoms with Gasteiger partial charge in [0.05, 0.1) is 11.3 Å². The van der Waals surface area contributed by atoms with E-state index in [2.05, 4.69) is 61.5 Å². The number of aromatic amines is 1. The fourth-order valence-corrected chi connectivity index (χ4v) is 5.79. The maximum absolute atomic E-state index is 13.1. The molecule has 1 saturated carbocycles. The van der Waals surface area contributed by atoms with Crippen LogP contribution in [0.5, 0.6) is 0 Å². The van der Waals surface area contributed by atoms with Crippen molar-refractivity contribution in [2.75, 3.05) is 0 Å². The number of para-hydroxylation sites is 1. The van der Waals surface area contributed by atoms with Crippen LogP contribution in [0.4, 0.5) is 0 Å². The maximum Gasteiger partial charge on any atom is 0.233 e. The molecule has 2 atom stereocenters. The van der Waals surface area contributed by atoms with Crippen LogP contribution in [-0.4, -0.2) is 30.9 Å². The molecule has 2 heterocycles. The molecule has 0 spiro atoms. The van der Waals surface area contributed by atoms with E-state index in [0.717, 1.165) is 59.6 Å². The van der Waals surface area contributed by atoms with Gasteiger partial charge in [0.1, 0.15) is 0 Å².